The lowest BCUT2D eigenvalue weighted by molar-refractivity contribution is 0.0695. The molecule has 18 heavy (non-hydrogen) atoms. The fourth-order valence-corrected chi connectivity index (χ4v) is 1.53. The van der Waals surface area contributed by atoms with Crippen LogP contribution in [0.1, 0.15) is 35.8 Å². The van der Waals surface area contributed by atoms with Crippen molar-refractivity contribution < 1.29 is 14.6 Å². The minimum Gasteiger partial charge on any atom is -0.478 e. The van der Waals surface area contributed by atoms with E-state index in [1.54, 1.807) is 18.3 Å². The van der Waals surface area contributed by atoms with Crippen molar-refractivity contribution in [2.75, 3.05) is 19.8 Å². The molecular formula is C13H20N2O3. The van der Waals surface area contributed by atoms with E-state index < -0.39 is 5.97 Å². The lowest BCUT2D eigenvalue weighted by atomic mass is 10.2. The van der Waals surface area contributed by atoms with E-state index in [-0.39, 0.29) is 5.56 Å². The minimum absolute atomic E-state index is 0.257. The number of pyridine rings is 1. The van der Waals surface area contributed by atoms with Gasteiger partial charge in [0, 0.05) is 26.0 Å². The molecule has 1 aromatic heterocycles. The second kappa shape index (κ2) is 8.60. The van der Waals surface area contributed by atoms with Crippen LogP contribution >= 0.6 is 0 Å². The van der Waals surface area contributed by atoms with Crippen LogP contribution in [0.15, 0.2) is 18.3 Å². The van der Waals surface area contributed by atoms with Gasteiger partial charge in [0.05, 0.1) is 11.3 Å². The highest BCUT2D eigenvalue weighted by molar-refractivity contribution is 5.88. The van der Waals surface area contributed by atoms with Gasteiger partial charge >= 0.3 is 5.97 Å². The zero-order valence-corrected chi connectivity index (χ0v) is 10.7. The zero-order chi connectivity index (χ0) is 13.2. The second-order valence-electron chi connectivity index (χ2n) is 3.95. The van der Waals surface area contributed by atoms with E-state index >= 15 is 0 Å². The summed E-state index contributed by atoms with van der Waals surface area (Å²) in [5.41, 5.74) is 0.826. The molecule has 0 bridgehead atoms. The molecule has 0 spiro atoms. The molecule has 0 atom stereocenters. The molecule has 2 N–H and O–H groups in total. The maximum Gasteiger partial charge on any atom is 0.337 e. The van der Waals surface area contributed by atoms with Gasteiger partial charge in [-0.15, -0.1) is 0 Å². The largest absolute Gasteiger partial charge is 0.478 e. The van der Waals surface area contributed by atoms with E-state index in [0.29, 0.717) is 12.2 Å². The molecule has 1 heterocycles. The molecular weight excluding hydrogens is 232 g/mol. The van der Waals surface area contributed by atoms with Crippen molar-refractivity contribution in [2.45, 2.75) is 26.3 Å². The van der Waals surface area contributed by atoms with E-state index in [4.69, 9.17) is 9.84 Å². The number of nitrogens with zero attached hydrogens (tertiary/aromatic N) is 1. The molecule has 1 aromatic rings. The summed E-state index contributed by atoms with van der Waals surface area (Å²) in [6, 6.07) is 3.20. The fraction of sp³-hybridized carbons (Fsp3) is 0.538. The van der Waals surface area contributed by atoms with Crippen molar-refractivity contribution >= 4 is 5.97 Å². The van der Waals surface area contributed by atoms with E-state index in [2.05, 4.69) is 17.2 Å². The van der Waals surface area contributed by atoms with Gasteiger partial charge in [0.2, 0.25) is 0 Å². The zero-order valence-electron chi connectivity index (χ0n) is 10.7. The third-order valence-corrected chi connectivity index (χ3v) is 2.40. The van der Waals surface area contributed by atoms with Crippen LogP contribution in [-0.2, 0) is 11.3 Å². The van der Waals surface area contributed by atoms with Crippen molar-refractivity contribution in [1.82, 2.24) is 10.3 Å². The molecule has 0 amide bonds. The molecule has 100 valence electrons. The van der Waals surface area contributed by atoms with Crippen LogP contribution in [0, 0.1) is 0 Å². The number of ether oxygens (including phenoxy) is 1. The Balaban J connectivity index is 2.25. The Bertz CT molecular complexity index is 369. The van der Waals surface area contributed by atoms with Gasteiger partial charge in [0.15, 0.2) is 0 Å². The molecule has 0 saturated heterocycles. The average molecular weight is 252 g/mol. The molecule has 0 aromatic carbocycles. The maximum atomic E-state index is 10.9. The molecule has 0 unspecified atom stereocenters. The number of aromatic nitrogens is 1. The monoisotopic (exact) mass is 252 g/mol. The van der Waals surface area contributed by atoms with Crippen LogP contribution in [-0.4, -0.2) is 35.8 Å². The smallest absolute Gasteiger partial charge is 0.337 e. The summed E-state index contributed by atoms with van der Waals surface area (Å²) in [5.74, 6) is -0.939. The van der Waals surface area contributed by atoms with E-state index in [1.807, 2.05) is 0 Å². The summed E-state index contributed by atoms with van der Waals surface area (Å²) < 4.78 is 5.35. The summed E-state index contributed by atoms with van der Waals surface area (Å²) >= 11 is 0. The molecule has 0 fully saturated rings. The second-order valence-corrected chi connectivity index (χ2v) is 3.95. The Hall–Kier alpha value is -1.46. The number of carboxylic acid groups (broad SMARTS) is 1. The Morgan fingerprint density at radius 1 is 1.50 bits per heavy atom. The topological polar surface area (TPSA) is 71.5 Å². The number of carboxylic acids is 1. The van der Waals surface area contributed by atoms with Gasteiger partial charge in [-0.1, -0.05) is 6.92 Å². The van der Waals surface area contributed by atoms with Crippen LogP contribution in [0.4, 0.5) is 0 Å². The summed E-state index contributed by atoms with van der Waals surface area (Å²) in [6.45, 7) is 4.86. The predicted octanol–water partition coefficient (Wildman–Crippen LogP) is 1.69. The number of hydrogen-bond acceptors (Lipinski definition) is 4. The summed E-state index contributed by atoms with van der Waals surface area (Å²) in [5, 5.41) is 12.1. The molecule has 0 aliphatic rings. The van der Waals surface area contributed by atoms with Gasteiger partial charge in [0.25, 0.3) is 0 Å². The Labute approximate surface area is 107 Å². The van der Waals surface area contributed by atoms with Crippen LogP contribution < -0.4 is 5.32 Å². The maximum absolute atomic E-state index is 10.9. The summed E-state index contributed by atoms with van der Waals surface area (Å²) in [6.07, 6.45) is 3.55. The molecule has 0 radical (unpaired) electrons. The average Bonchev–Trinajstić information content (AvgIpc) is 2.38. The number of rotatable bonds is 9. The van der Waals surface area contributed by atoms with Gasteiger partial charge < -0.3 is 15.2 Å². The number of aromatic carboxylic acids is 1. The van der Waals surface area contributed by atoms with Gasteiger partial charge in [-0.05, 0) is 31.5 Å². The molecule has 5 nitrogen and oxygen atoms in total. The Kier molecular flexibility index (Phi) is 6.98. The highest BCUT2D eigenvalue weighted by Gasteiger charge is 2.09. The van der Waals surface area contributed by atoms with Gasteiger partial charge in [-0.25, -0.2) is 4.79 Å². The van der Waals surface area contributed by atoms with Crippen LogP contribution in [0.25, 0.3) is 0 Å². The lowest BCUT2D eigenvalue weighted by Gasteiger charge is -2.07. The van der Waals surface area contributed by atoms with Crippen LogP contribution in [0.3, 0.4) is 0 Å². The lowest BCUT2D eigenvalue weighted by Crippen LogP contribution is -2.19. The standard InChI is InChI=1S/C13H20N2O3/c1-2-8-18-9-4-6-14-10-12-11(13(16)17)5-3-7-15-12/h3,5,7,14H,2,4,6,8-10H2,1H3,(H,16,17). The quantitative estimate of drug-likeness (QED) is 0.654. The Morgan fingerprint density at radius 3 is 3.06 bits per heavy atom. The molecule has 0 aliphatic carbocycles. The number of nitrogens with one attached hydrogen (secondary N) is 1. The van der Waals surface area contributed by atoms with E-state index in [1.165, 1.54) is 0 Å². The molecule has 1 rings (SSSR count). The van der Waals surface area contributed by atoms with Crippen molar-refractivity contribution in [3.8, 4) is 0 Å². The molecule has 5 heteroatoms. The predicted molar refractivity (Wildman–Crippen MR) is 68.6 cm³/mol. The van der Waals surface area contributed by atoms with Crippen molar-refractivity contribution in [1.29, 1.82) is 0 Å². The van der Waals surface area contributed by atoms with E-state index in [0.717, 1.165) is 32.6 Å². The molecule has 0 aliphatic heterocycles. The highest BCUT2D eigenvalue weighted by atomic mass is 16.5. The first-order chi connectivity index (χ1) is 8.75. The third kappa shape index (κ3) is 5.25. The first-order valence-electron chi connectivity index (χ1n) is 6.21. The summed E-state index contributed by atoms with van der Waals surface area (Å²) in [7, 11) is 0. The van der Waals surface area contributed by atoms with Crippen molar-refractivity contribution in [2.24, 2.45) is 0 Å². The SMILES string of the molecule is CCCOCCCNCc1ncccc1C(=O)O. The fourth-order valence-electron chi connectivity index (χ4n) is 1.53. The van der Waals surface area contributed by atoms with Crippen molar-refractivity contribution in [3.05, 3.63) is 29.6 Å². The first-order valence-corrected chi connectivity index (χ1v) is 6.21. The summed E-state index contributed by atoms with van der Waals surface area (Å²) in [4.78, 5) is 15.0. The van der Waals surface area contributed by atoms with Gasteiger partial charge in [-0.3, -0.25) is 4.98 Å². The van der Waals surface area contributed by atoms with Gasteiger partial charge in [-0.2, -0.15) is 0 Å². The number of hydrogen-bond donors (Lipinski definition) is 2. The number of carbonyl (C=O) groups is 1. The minimum atomic E-state index is -0.939. The molecule has 0 saturated carbocycles. The highest BCUT2D eigenvalue weighted by Crippen LogP contribution is 2.04. The van der Waals surface area contributed by atoms with Gasteiger partial charge in [0.1, 0.15) is 0 Å². The van der Waals surface area contributed by atoms with Crippen molar-refractivity contribution in [3.63, 3.8) is 0 Å². The van der Waals surface area contributed by atoms with Crippen LogP contribution in [0.2, 0.25) is 0 Å². The normalized spacial score (nSPS) is 10.5. The van der Waals surface area contributed by atoms with E-state index in [9.17, 15) is 4.79 Å². The third-order valence-electron chi connectivity index (χ3n) is 2.40. The first kappa shape index (κ1) is 14.6. The Morgan fingerprint density at radius 2 is 2.33 bits per heavy atom. The van der Waals surface area contributed by atoms with Crippen LogP contribution in [0.5, 0.6) is 0 Å².